The van der Waals surface area contributed by atoms with Crippen molar-refractivity contribution in [3.63, 3.8) is 0 Å². The van der Waals surface area contributed by atoms with Crippen LogP contribution in [0.1, 0.15) is 75.5 Å². The summed E-state index contributed by atoms with van der Waals surface area (Å²) >= 11 is 0. The van der Waals surface area contributed by atoms with Gasteiger partial charge in [0.25, 0.3) is 0 Å². The Hall–Kier alpha value is -1.51. The molecule has 1 saturated carbocycles. The van der Waals surface area contributed by atoms with Crippen molar-refractivity contribution in [2.75, 3.05) is 26.2 Å². The minimum Gasteiger partial charge on any atom is -0.480 e. The maximum Gasteiger partial charge on any atom is 0.326 e. The Morgan fingerprint density at radius 3 is 2.32 bits per heavy atom. The fourth-order valence-electron chi connectivity index (χ4n) is 5.12. The molecule has 3 fully saturated rings. The highest BCUT2D eigenvalue weighted by Gasteiger charge is 2.56. The van der Waals surface area contributed by atoms with Crippen molar-refractivity contribution in [3.05, 3.63) is 29.6 Å². The summed E-state index contributed by atoms with van der Waals surface area (Å²) in [6.45, 7) is 4.03. The van der Waals surface area contributed by atoms with Crippen LogP contribution >= 0.6 is 0 Å². The molecule has 1 N–H and O–H groups in total. The normalized spacial score (nSPS) is 23.6. The maximum atomic E-state index is 13.5. The number of unbranched alkanes of at least 4 members (excludes halogenated alkanes) is 1. The highest BCUT2D eigenvalue weighted by molar-refractivity contribution is 7.91. The molecule has 1 aromatic heterocycles. The summed E-state index contributed by atoms with van der Waals surface area (Å²) < 4.78 is 26.8. The zero-order valence-corrected chi connectivity index (χ0v) is 19.3. The lowest BCUT2D eigenvalue weighted by Gasteiger charge is -2.42. The number of hydrogen-bond acceptors (Lipinski definition) is 5. The van der Waals surface area contributed by atoms with Crippen molar-refractivity contribution >= 4 is 16.0 Å². The van der Waals surface area contributed by atoms with Crippen molar-refractivity contribution in [1.82, 2.24) is 14.2 Å². The predicted octanol–water partition coefficient (Wildman–Crippen LogP) is 3.02. The molecule has 8 heteroatoms. The van der Waals surface area contributed by atoms with E-state index in [0.717, 1.165) is 37.8 Å². The van der Waals surface area contributed by atoms with Crippen LogP contribution in [-0.2, 0) is 21.2 Å². The molecule has 3 heterocycles. The molecule has 172 valence electrons. The largest absolute Gasteiger partial charge is 0.480 e. The molecule has 0 amide bonds. The molecule has 0 spiro atoms. The van der Waals surface area contributed by atoms with E-state index in [2.05, 4.69) is 28.9 Å². The summed E-state index contributed by atoms with van der Waals surface area (Å²) in [5.74, 6) is -0.960. The van der Waals surface area contributed by atoms with Gasteiger partial charge in [0, 0.05) is 50.0 Å². The Morgan fingerprint density at radius 2 is 1.81 bits per heavy atom. The number of carboxylic acids is 1. The van der Waals surface area contributed by atoms with E-state index >= 15 is 0 Å². The first-order chi connectivity index (χ1) is 14.9. The molecule has 7 nitrogen and oxygen atoms in total. The number of aliphatic carboxylic acids is 1. The molecule has 0 bridgehead atoms. The van der Waals surface area contributed by atoms with Crippen LogP contribution in [0.2, 0.25) is 0 Å². The van der Waals surface area contributed by atoms with Gasteiger partial charge in [0.15, 0.2) is 4.75 Å². The average Bonchev–Trinajstić information content (AvgIpc) is 3.63. The highest BCUT2D eigenvalue weighted by atomic mass is 32.2. The number of pyridine rings is 1. The van der Waals surface area contributed by atoms with Crippen LogP contribution in [-0.4, -0.2) is 70.7 Å². The maximum absolute atomic E-state index is 13.5. The standard InChI is InChI=1S/C23H35N3O4S/c1-2-3-4-18-5-8-21(24-17-18)19-9-13-26(14-10-19)31(29,30)23(22(27)28)11-15-25(16-12-23)20-6-7-20/h5,8,17,19-20H,2-4,6-7,9-16H2,1H3,(H,27,28). The Labute approximate surface area is 185 Å². The van der Waals surface area contributed by atoms with Crippen molar-refractivity contribution in [3.8, 4) is 0 Å². The Kier molecular flexibility index (Phi) is 6.70. The average molecular weight is 450 g/mol. The lowest BCUT2D eigenvalue weighted by atomic mass is 9.93. The number of carbonyl (C=O) groups is 1. The number of hydrogen-bond donors (Lipinski definition) is 1. The zero-order valence-electron chi connectivity index (χ0n) is 18.5. The van der Waals surface area contributed by atoms with Gasteiger partial charge in [0.05, 0.1) is 0 Å². The van der Waals surface area contributed by atoms with Crippen LogP contribution in [0.15, 0.2) is 18.3 Å². The van der Waals surface area contributed by atoms with E-state index in [1.807, 2.05) is 6.20 Å². The quantitative estimate of drug-likeness (QED) is 0.656. The second kappa shape index (κ2) is 9.16. The fraction of sp³-hybridized carbons (Fsp3) is 0.739. The van der Waals surface area contributed by atoms with Crippen LogP contribution in [0.25, 0.3) is 0 Å². The molecule has 31 heavy (non-hydrogen) atoms. The minimum absolute atomic E-state index is 0.182. The number of carboxylic acid groups (broad SMARTS) is 1. The molecule has 1 aliphatic carbocycles. The van der Waals surface area contributed by atoms with Crippen LogP contribution in [0.5, 0.6) is 0 Å². The third-order valence-corrected chi connectivity index (χ3v) is 10.0. The molecule has 1 aromatic rings. The smallest absolute Gasteiger partial charge is 0.326 e. The molecular weight excluding hydrogens is 414 g/mol. The molecule has 3 aliphatic rings. The fourth-order valence-corrected chi connectivity index (χ4v) is 7.22. The molecule has 2 aliphatic heterocycles. The van der Waals surface area contributed by atoms with Crippen LogP contribution in [0.3, 0.4) is 0 Å². The van der Waals surface area contributed by atoms with Gasteiger partial charge in [-0.15, -0.1) is 0 Å². The summed E-state index contributed by atoms with van der Waals surface area (Å²) in [4.78, 5) is 19.1. The summed E-state index contributed by atoms with van der Waals surface area (Å²) in [6.07, 6.45) is 9.32. The van der Waals surface area contributed by atoms with E-state index in [4.69, 9.17) is 0 Å². The first-order valence-corrected chi connectivity index (χ1v) is 13.2. The van der Waals surface area contributed by atoms with Crippen molar-refractivity contribution in [2.24, 2.45) is 0 Å². The van der Waals surface area contributed by atoms with Gasteiger partial charge in [-0.1, -0.05) is 19.4 Å². The van der Waals surface area contributed by atoms with Crippen LogP contribution < -0.4 is 0 Å². The number of likely N-dealkylation sites (tertiary alicyclic amines) is 1. The van der Waals surface area contributed by atoms with Gasteiger partial charge in [-0.3, -0.25) is 9.78 Å². The third-order valence-electron chi connectivity index (χ3n) is 7.43. The van der Waals surface area contributed by atoms with E-state index in [-0.39, 0.29) is 18.8 Å². The first-order valence-electron chi connectivity index (χ1n) is 11.8. The topological polar surface area (TPSA) is 90.8 Å². The predicted molar refractivity (Wildman–Crippen MR) is 120 cm³/mol. The summed E-state index contributed by atoms with van der Waals surface area (Å²) in [7, 11) is -3.91. The van der Waals surface area contributed by atoms with Crippen molar-refractivity contribution < 1.29 is 18.3 Å². The SMILES string of the molecule is CCCCc1ccc(C2CCN(S(=O)(=O)C3(C(=O)O)CCN(C4CC4)CC3)CC2)nc1. The van der Waals surface area contributed by atoms with Gasteiger partial charge in [-0.2, -0.15) is 0 Å². The lowest BCUT2D eigenvalue weighted by molar-refractivity contribution is -0.141. The zero-order chi connectivity index (χ0) is 22.1. The van der Waals surface area contributed by atoms with E-state index in [1.54, 1.807) is 0 Å². The summed E-state index contributed by atoms with van der Waals surface area (Å²) in [5, 5.41) is 9.98. The molecule has 0 atom stereocenters. The van der Waals surface area contributed by atoms with Gasteiger partial charge in [-0.05, 0) is 63.0 Å². The second-order valence-corrected chi connectivity index (χ2v) is 11.7. The monoisotopic (exact) mass is 449 g/mol. The van der Waals surface area contributed by atoms with Crippen molar-refractivity contribution in [2.45, 2.75) is 81.4 Å². The van der Waals surface area contributed by atoms with Crippen molar-refractivity contribution in [1.29, 1.82) is 0 Å². The van der Waals surface area contributed by atoms with Gasteiger partial charge in [0.2, 0.25) is 10.0 Å². The summed E-state index contributed by atoms with van der Waals surface area (Å²) in [6, 6.07) is 4.74. The van der Waals surface area contributed by atoms with Gasteiger partial charge in [-0.25, -0.2) is 12.7 Å². The van der Waals surface area contributed by atoms with E-state index in [1.165, 1.54) is 9.87 Å². The van der Waals surface area contributed by atoms with Crippen LogP contribution in [0.4, 0.5) is 0 Å². The number of sulfonamides is 1. The number of piperidine rings is 2. The number of nitrogens with zero attached hydrogens (tertiary/aromatic N) is 3. The highest BCUT2D eigenvalue weighted by Crippen LogP contribution is 2.39. The summed E-state index contributed by atoms with van der Waals surface area (Å²) in [5.41, 5.74) is 2.26. The molecule has 0 unspecified atom stereocenters. The second-order valence-electron chi connectivity index (χ2n) is 9.44. The molecule has 0 aromatic carbocycles. The van der Waals surface area contributed by atoms with Gasteiger partial charge in [0.1, 0.15) is 0 Å². The Balaban J connectivity index is 1.40. The Bertz CT molecular complexity index is 867. The Morgan fingerprint density at radius 1 is 1.13 bits per heavy atom. The number of rotatable bonds is 8. The van der Waals surface area contributed by atoms with E-state index in [9.17, 15) is 18.3 Å². The van der Waals surface area contributed by atoms with E-state index < -0.39 is 20.7 Å². The minimum atomic E-state index is -3.91. The van der Waals surface area contributed by atoms with Crippen LogP contribution in [0, 0.1) is 0 Å². The van der Waals surface area contributed by atoms with E-state index in [0.29, 0.717) is 45.1 Å². The molecule has 4 rings (SSSR count). The number of aromatic nitrogens is 1. The molecule has 0 radical (unpaired) electrons. The van der Waals surface area contributed by atoms with Gasteiger partial charge < -0.3 is 10.0 Å². The van der Waals surface area contributed by atoms with Gasteiger partial charge >= 0.3 is 5.97 Å². The first kappa shape index (κ1) is 22.7. The number of aryl methyl sites for hydroxylation is 1. The molecule has 2 saturated heterocycles. The third kappa shape index (κ3) is 4.52. The molecular formula is C23H35N3O4S. The lowest BCUT2D eigenvalue weighted by Crippen LogP contribution is -2.59.